The quantitative estimate of drug-likeness (QED) is 0.533. The van der Waals surface area contributed by atoms with Crippen LogP contribution in [0.3, 0.4) is 0 Å². The van der Waals surface area contributed by atoms with Gasteiger partial charge in [0.1, 0.15) is 11.3 Å². The maximum atomic E-state index is 13.0. The van der Waals surface area contributed by atoms with Gasteiger partial charge in [-0.2, -0.15) is 0 Å². The number of carbonyl (C=O) groups excluding carboxylic acids is 2. The topological polar surface area (TPSA) is 75.4 Å². The summed E-state index contributed by atoms with van der Waals surface area (Å²) in [5.74, 6) is 1.04. The van der Waals surface area contributed by atoms with Gasteiger partial charge in [0.2, 0.25) is 5.91 Å². The lowest BCUT2D eigenvalue weighted by atomic mass is 9.88. The zero-order valence-corrected chi connectivity index (χ0v) is 20.5. The molecule has 2 fully saturated rings. The molecule has 1 saturated carbocycles. The number of aromatic nitrogens is 1. The lowest BCUT2D eigenvalue weighted by molar-refractivity contribution is -0.123. The second-order valence-corrected chi connectivity index (χ2v) is 10.1. The second-order valence-electron chi connectivity index (χ2n) is 10.1. The third-order valence-electron chi connectivity index (χ3n) is 7.94. The predicted molar refractivity (Wildman–Crippen MR) is 134 cm³/mol. The first-order valence-electron chi connectivity index (χ1n) is 12.6. The number of likely N-dealkylation sites (tertiary alicyclic amines) is 1. The number of nitrogens with zero attached hydrogens (tertiary/aromatic N) is 2. The van der Waals surface area contributed by atoms with Gasteiger partial charge in [-0.1, -0.05) is 65.8 Å². The molecule has 0 bridgehead atoms. The third-order valence-corrected chi connectivity index (χ3v) is 7.94. The molecular formula is C29H33N3O3. The molecule has 1 N–H and O–H groups in total. The number of carbonyl (C=O) groups is 2. The summed E-state index contributed by atoms with van der Waals surface area (Å²) >= 11 is 0. The van der Waals surface area contributed by atoms with Crippen molar-refractivity contribution in [3.05, 3.63) is 88.8 Å². The largest absolute Gasteiger partial charge is 0.361 e. The molecule has 1 atom stereocenters. The van der Waals surface area contributed by atoms with Crippen LogP contribution in [0.2, 0.25) is 0 Å². The van der Waals surface area contributed by atoms with Gasteiger partial charge in [0, 0.05) is 31.5 Å². The Hall–Kier alpha value is -3.41. The highest BCUT2D eigenvalue weighted by Crippen LogP contribution is 2.59. The number of hydrogen-bond acceptors (Lipinski definition) is 4. The van der Waals surface area contributed by atoms with Gasteiger partial charge in [0.25, 0.3) is 5.91 Å². The first-order chi connectivity index (χ1) is 17.0. The molecule has 2 aromatic carbocycles. The van der Waals surface area contributed by atoms with E-state index < -0.39 is 0 Å². The fourth-order valence-electron chi connectivity index (χ4n) is 5.73. The van der Waals surface area contributed by atoms with Crippen LogP contribution in [0.25, 0.3) is 0 Å². The first-order valence-corrected chi connectivity index (χ1v) is 12.6. The van der Waals surface area contributed by atoms with Crippen molar-refractivity contribution >= 4 is 11.8 Å². The van der Waals surface area contributed by atoms with Crippen LogP contribution in [0.1, 0.15) is 64.5 Å². The van der Waals surface area contributed by atoms with Crippen molar-refractivity contribution in [2.45, 2.75) is 45.4 Å². The van der Waals surface area contributed by atoms with Gasteiger partial charge in [-0.15, -0.1) is 0 Å². The van der Waals surface area contributed by atoms with E-state index in [2.05, 4.69) is 59.0 Å². The molecule has 2 aliphatic rings. The minimum absolute atomic E-state index is 0.00869. The minimum Gasteiger partial charge on any atom is -0.361 e. The molecule has 3 aromatic rings. The summed E-state index contributed by atoms with van der Waals surface area (Å²) in [7, 11) is 0. The molecule has 1 spiro atoms. The number of amides is 2. The van der Waals surface area contributed by atoms with E-state index in [1.165, 1.54) is 11.1 Å². The maximum Gasteiger partial charge on any atom is 0.259 e. The molecule has 1 aliphatic carbocycles. The Bertz CT molecular complexity index is 1120. The number of hydrogen-bond donors (Lipinski definition) is 1. The normalized spacial score (nSPS) is 18.6. The van der Waals surface area contributed by atoms with Crippen LogP contribution in [0.4, 0.5) is 0 Å². The van der Waals surface area contributed by atoms with Gasteiger partial charge in [0.05, 0.1) is 5.69 Å². The van der Waals surface area contributed by atoms with Crippen LogP contribution in [0, 0.1) is 25.2 Å². The van der Waals surface area contributed by atoms with Crippen molar-refractivity contribution in [2.75, 3.05) is 19.6 Å². The van der Waals surface area contributed by atoms with Crippen LogP contribution < -0.4 is 5.32 Å². The summed E-state index contributed by atoms with van der Waals surface area (Å²) in [5.41, 5.74) is 3.81. The average molecular weight is 472 g/mol. The van der Waals surface area contributed by atoms with E-state index in [9.17, 15) is 9.59 Å². The molecule has 0 unspecified atom stereocenters. The minimum atomic E-state index is -0.00869. The number of piperidine rings is 1. The van der Waals surface area contributed by atoms with Crippen LogP contribution >= 0.6 is 0 Å². The Balaban J connectivity index is 1.14. The summed E-state index contributed by atoms with van der Waals surface area (Å²) in [5, 5.41) is 7.13. The monoisotopic (exact) mass is 471 g/mol. The Morgan fingerprint density at radius 2 is 1.63 bits per heavy atom. The molecule has 2 heterocycles. The van der Waals surface area contributed by atoms with Gasteiger partial charge >= 0.3 is 0 Å². The number of benzene rings is 2. The van der Waals surface area contributed by atoms with Gasteiger partial charge in [-0.3, -0.25) is 9.59 Å². The van der Waals surface area contributed by atoms with Crippen molar-refractivity contribution in [2.24, 2.45) is 11.3 Å². The smallest absolute Gasteiger partial charge is 0.259 e. The Labute approximate surface area is 206 Å². The van der Waals surface area contributed by atoms with Crippen molar-refractivity contribution in [3.8, 4) is 0 Å². The Morgan fingerprint density at radius 3 is 2.17 bits per heavy atom. The van der Waals surface area contributed by atoms with Crippen LogP contribution in [0.5, 0.6) is 0 Å². The van der Waals surface area contributed by atoms with Gasteiger partial charge in [0.15, 0.2) is 0 Å². The zero-order valence-electron chi connectivity index (χ0n) is 20.5. The van der Waals surface area contributed by atoms with E-state index in [4.69, 9.17) is 4.52 Å². The van der Waals surface area contributed by atoms with Crippen molar-refractivity contribution < 1.29 is 14.1 Å². The average Bonchev–Trinajstić information content (AvgIpc) is 3.48. The number of nitrogens with one attached hydrogen (secondary N) is 1. The van der Waals surface area contributed by atoms with E-state index in [1.807, 2.05) is 17.0 Å². The van der Waals surface area contributed by atoms with Gasteiger partial charge in [-0.05, 0) is 56.1 Å². The molecule has 1 aliphatic heterocycles. The highest BCUT2D eigenvalue weighted by molar-refractivity contribution is 5.96. The molecule has 6 nitrogen and oxygen atoms in total. The fraction of sp³-hybridized carbons (Fsp3) is 0.414. The molecule has 6 heteroatoms. The molecular weight excluding hydrogens is 438 g/mol. The lowest BCUT2D eigenvalue weighted by Crippen LogP contribution is -2.41. The van der Waals surface area contributed by atoms with E-state index >= 15 is 0 Å². The van der Waals surface area contributed by atoms with Crippen molar-refractivity contribution in [1.29, 1.82) is 0 Å². The van der Waals surface area contributed by atoms with E-state index in [1.54, 1.807) is 13.8 Å². The molecule has 182 valence electrons. The molecule has 1 aromatic heterocycles. The predicted octanol–water partition coefficient (Wildman–Crippen LogP) is 4.87. The molecule has 1 saturated heterocycles. The van der Waals surface area contributed by atoms with Gasteiger partial charge < -0.3 is 14.7 Å². The van der Waals surface area contributed by atoms with Crippen LogP contribution in [-0.4, -0.2) is 41.5 Å². The standard InChI is InChI=1S/C29H33N3O3/c1-20-26(21(2)35-31-20)28(34)32-17-14-29(15-18-32)19-25(29)27(33)30-16-13-24(22-9-5-3-6-10-22)23-11-7-4-8-12-23/h3-12,24-25H,13-19H2,1-2H3,(H,30,33)/t25-/m0/s1. The van der Waals surface area contributed by atoms with Crippen molar-refractivity contribution in [3.63, 3.8) is 0 Å². The second kappa shape index (κ2) is 9.68. The molecule has 0 radical (unpaired) electrons. The fourth-order valence-corrected chi connectivity index (χ4v) is 5.73. The SMILES string of the molecule is Cc1noc(C)c1C(=O)N1CCC2(CC1)C[C@H]2C(=O)NCCC(c1ccccc1)c1ccccc1. The van der Waals surface area contributed by atoms with Crippen LogP contribution in [0.15, 0.2) is 65.2 Å². The highest BCUT2D eigenvalue weighted by Gasteiger charge is 2.58. The van der Waals surface area contributed by atoms with Gasteiger partial charge in [-0.25, -0.2) is 0 Å². The summed E-state index contributed by atoms with van der Waals surface area (Å²) in [6.07, 6.45) is 3.53. The molecule has 35 heavy (non-hydrogen) atoms. The maximum absolute atomic E-state index is 13.0. The Kier molecular flexibility index (Phi) is 6.46. The molecule has 5 rings (SSSR count). The van der Waals surface area contributed by atoms with Crippen molar-refractivity contribution in [1.82, 2.24) is 15.4 Å². The zero-order chi connectivity index (χ0) is 24.4. The lowest BCUT2D eigenvalue weighted by Gasteiger charge is -2.32. The number of aryl methyl sites for hydroxylation is 2. The third kappa shape index (κ3) is 4.75. The first kappa shape index (κ1) is 23.3. The summed E-state index contributed by atoms with van der Waals surface area (Å²) in [4.78, 5) is 27.8. The van der Waals surface area contributed by atoms with E-state index in [0.717, 1.165) is 25.7 Å². The summed E-state index contributed by atoms with van der Waals surface area (Å²) in [6, 6.07) is 21.0. The highest BCUT2D eigenvalue weighted by atomic mass is 16.5. The number of rotatable bonds is 7. The van der Waals surface area contributed by atoms with E-state index in [-0.39, 0.29) is 29.1 Å². The summed E-state index contributed by atoms with van der Waals surface area (Å²) in [6.45, 7) is 5.58. The Morgan fingerprint density at radius 1 is 1.03 bits per heavy atom. The van der Waals surface area contributed by atoms with Crippen LogP contribution in [-0.2, 0) is 4.79 Å². The summed E-state index contributed by atoms with van der Waals surface area (Å²) < 4.78 is 5.17. The molecule has 2 amide bonds. The van der Waals surface area contributed by atoms with E-state index in [0.29, 0.717) is 36.7 Å².